The van der Waals surface area contributed by atoms with Gasteiger partial charge < -0.3 is 4.55 Å². The second-order valence-corrected chi connectivity index (χ2v) is 3.35. The zero-order valence-electron chi connectivity index (χ0n) is 6.37. The molecule has 0 aliphatic rings. The Kier molecular flexibility index (Phi) is 3.37. The van der Waals surface area contributed by atoms with E-state index < -0.39 is 17.8 Å². The minimum atomic E-state index is -1.82. The summed E-state index contributed by atoms with van der Waals surface area (Å²) in [5, 5.41) is 0. The van der Waals surface area contributed by atoms with E-state index in [0.717, 1.165) is 5.56 Å². The van der Waals surface area contributed by atoms with Crippen molar-refractivity contribution in [2.75, 3.05) is 0 Å². The molecule has 1 unspecified atom stereocenters. The van der Waals surface area contributed by atoms with Crippen molar-refractivity contribution >= 4 is 11.1 Å². The van der Waals surface area contributed by atoms with E-state index in [1.165, 1.54) is 0 Å². The van der Waals surface area contributed by atoms with Crippen LogP contribution in [0.15, 0.2) is 24.3 Å². The normalized spacial score (nSPS) is 12.8. The van der Waals surface area contributed by atoms with Crippen LogP contribution in [0.4, 0.5) is 4.39 Å². The summed E-state index contributed by atoms with van der Waals surface area (Å²) < 4.78 is 30.9. The number of rotatable bonds is 3. The SMILES string of the molecule is O=S(O)Cc1ccc(CF)cc1. The van der Waals surface area contributed by atoms with Crippen molar-refractivity contribution in [2.45, 2.75) is 12.4 Å². The first-order valence-electron chi connectivity index (χ1n) is 3.43. The van der Waals surface area contributed by atoms with Crippen LogP contribution in [0.3, 0.4) is 0 Å². The van der Waals surface area contributed by atoms with Gasteiger partial charge in [-0.25, -0.2) is 8.60 Å². The number of hydrogen-bond donors (Lipinski definition) is 1. The average Bonchev–Trinajstić information content (AvgIpc) is 2.05. The van der Waals surface area contributed by atoms with Gasteiger partial charge in [0.05, 0.1) is 5.75 Å². The summed E-state index contributed by atoms with van der Waals surface area (Å²) >= 11 is -1.82. The maximum absolute atomic E-state index is 12.0. The molecule has 1 aromatic rings. The Morgan fingerprint density at radius 2 is 1.75 bits per heavy atom. The fourth-order valence-corrected chi connectivity index (χ4v) is 1.34. The lowest BCUT2D eigenvalue weighted by Gasteiger charge is -1.97. The summed E-state index contributed by atoms with van der Waals surface area (Å²) in [7, 11) is 0. The highest BCUT2D eigenvalue weighted by Crippen LogP contribution is 2.06. The van der Waals surface area contributed by atoms with Crippen molar-refractivity contribution in [3.63, 3.8) is 0 Å². The Morgan fingerprint density at radius 3 is 2.17 bits per heavy atom. The van der Waals surface area contributed by atoms with E-state index in [2.05, 4.69) is 0 Å². The molecule has 1 rings (SSSR count). The summed E-state index contributed by atoms with van der Waals surface area (Å²) in [6.07, 6.45) is 0. The third kappa shape index (κ3) is 2.71. The van der Waals surface area contributed by atoms with Gasteiger partial charge in [0.15, 0.2) is 11.1 Å². The van der Waals surface area contributed by atoms with Crippen LogP contribution in [-0.2, 0) is 23.5 Å². The number of benzene rings is 1. The lowest BCUT2D eigenvalue weighted by atomic mass is 10.2. The van der Waals surface area contributed by atoms with Gasteiger partial charge in [-0.2, -0.15) is 0 Å². The first-order chi connectivity index (χ1) is 5.72. The molecule has 1 atom stereocenters. The van der Waals surface area contributed by atoms with E-state index in [1.54, 1.807) is 24.3 Å². The molecule has 12 heavy (non-hydrogen) atoms. The number of alkyl halides is 1. The quantitative estimate of drug-likeness (QED) is 0.735. The molecule has 0 saturated carbocycles. The Balaban J connectivity index is 2.71. The lowest BCUT2D eigenvalue weighted by molar-refractivity contribution is 0.485. The van der Waals surface area contributed by atoms with Crippen molar-refractivity contribution in [3.8, 4) is 0 Å². The number of halogens is 1. The van der Waals surface area contributed by atoms with Crippen LogP contribution in [0.5, 0.6) is 0 Å². The van der Waals surface area contributed by atoms with E-state index in [-0.39, 0.29) is 5.75 Å². The summed E-state index contributed by atoms with van der Waals surface area (Å²) in [5.41, 5.74) is 1.33. The predicted octanol–water partition coefficient (Wildman–Crippen LogP) is 1.88. The summed E-state index contributed by atoms with van der Waals surface area (Å²) in [4.78, 5) is 0. The Bertz CT molecular complexity index is 271. The highest BCUT2D eigenvalue weighted by atomic mass is 32.2. The maximum atomic E-state index is 12.0. The predicted molar refractivity (Wildman–Crippen MR) is 45.7 cm³/mol. The maximum Gasteiger partial charge on any atom is 0.157 e. The molecule has 0 fully saturated rings. The van der Waals surface area contributed by atoms with Crippen LogP contribution in [0, 0.1) is 0 Å². The van der Waals surface area contributed by atoms with Crippen LogP contribution < -0.4 is 0 Å². The van der Waals surface area contributed by atoms with Crippen molar-refractivity contribution in [1.29, 1.82) is 0 Å². The van der Waals surface area contributed by atoms with Gasteiger partial charge in [0.25, 0.3) is 0 Å². The third-order valence-corrected chi connectivity index (χ3v) is 2.05. The molecule has 0 radical (unpaired) electrons. The van der Waals surface area contributed by atoms with Gasteiger partial charge >= 0.3 is 0 Å². The first-order valence-corrected chi connectivity index (χ1v) is 4.71. The van der Waals surface area contributed by atoms with Gasteiger partial charge in [-0.15, -0.1) is 0 Å². The van der Waals surface area contributed by atoms with Crippen LogP contribution in [0.1, 0.15) is 11.1 Å². The summed E-state index contributed by atoms with van der Waals surface area (Å²) in [6, 6.07) is 6.54. The van der Waals surface area contributed by atoms with E-state index in [4.69, 9.17) is 4.55 Å². The van der Waals surface area contributed by atoms with Gasteiger partial charge in [0.1, 0.15) is 6.67 Å². The largest absolute Gasteiger partial charge is 0.306 e. The molecule has 4 heteroatoms. The van der Waals surface area contributed by atoms with Crippen molar-refractivity contribution in [2.24, 2.45) is 0 Å². The Hall–Kier alpha value is -0.740. The Labute approximate surface area is 72.7 Å². The van der Waals surface area contributed by atoms with E-state index in [9.17, 15) is 8.60 Å². The minimum absolute atomic E-state index is 0.104. The van der Waals surface area contributed by atoms with Crippen LogP contribution in [0.25, 0.3) is 0 Å². The van der Waals surface area contributed by atoms with Gasteiger partial charge in [-0.1, -0.05) is 24.3 Å². The molecule has 0 heterocycles. The average molecular weight is 188 g/mol. The van der Waals surface area contributed by atoms with Gasteiger partial charge in [0.2, 0.25) is 0 Å². The van der Waals surface area contributed by atoms with Crippen molar-refractivity contribution in [3.05, 3.63) is 35.4 Å². The highest BCUT2D eigenvalue weighted by Gasteiger charge is 1.97. The molecule has 1 N–H and O–H groups in total. The summed E-state index contributed by atoms with van der Waals surface area (Å²) in [6.45, 7) is -0.498. The van der Waals surface area contributed by atoms with Crippen molar-refractivity contribution in [1.82, 2.24) is 0 Å². The monoisotopic (exact) mass is 188 g/mol. The molecule has 0 bridgehead atoms. The zero-order valence-corrected chi connectivity index (χ0v) is 7.18. The topological polar surface area (TPSA) is 37.3 Å². The molecule has 0 saturated heterocycles. The van der Waals surface area contributed by atoms with E-state index in [1.807, 2.05) is 0 Å². The summed E-state index contributed by atoms with van der Waals surface area (Å²) in [5.74, 6) is 0.104. The molecule has 0 aliphatic carbocycles. The first kappa shape index (κ1) is 9.35. The molecule has 0 amide bonds. The second-order valence-electron chi connectivity index (χ2n) is 2.42. The van der Waals surface area contributed by atoms with Gasteiger partial charge in [0, 0.05) is 0 Å². The van der Waals surface area contributed by atoms with Crippen LogP contribution in [-0.4, -0.2) is 8.76 Å². The van der Waals surface area contributed by atoms with Crippen LogP contribution >= 0.6 is 0 Å². The molecule has 1 aromatic carbocycles. The molecule has 0 aliphatic heterocycles. The van der Waals surface area contributed by atoms with Crippen LogP contribution in [0.2, 0.25) is 0 Å². The molecule has 0 spiro atoms. The Morgan fingerprint density at radius 1 is 1.25 bits per heavy atom. The molecular weight excluding hydrogens is 179 g/mol. The fraction of sp³-hybridized carbons (Fsp3) is 0.250. The highest BCUT2D eigenvalue weighted by molar-refractivity contribution is 7.78. The van der Waals surface area contributed by atoms with Crippen molar-refractivity contribution < 1.29 is 13.2 Å². The second kappa shape index (κ2) is 4.33. The zero-order chi connectivity index (χ0) is 8.97. The fourth-order valence-electron chi connectivity index (χ4n) is 0.867. The molecular formula is C8H9FO2S. The molecule has 66 valence electrons. The lowest BCUT2D eigenvalue weighted by Crippen LogP contribution is -1.92. The van der Waals surface area contributed by atoms with Gasteiger partial charge in [-0.05, 0) is 11.1 Å². The number of hydrogen-bond acceptors (Lipinski definition) is 1. The molecule has 0 aromatic heterocycles. The van der Waals surface area contributed by atoms with Gasteiger partial charge in [-0.3, -0.25) is 0 Å². The smallest absolute Gasteiger partial charge is 0.157 e. The minimum Gasteiger partial charge on any atom is -0.306 e. The molecule has 2 nitrogen and oxygen atoms in total. The third-order valence-electron chi connectivity index (χ3n) is 1.47. The van der Waals surface area contributed by atoms with E-state index in [0.29, 0.717) is 5.56 Å². The standard InChI is InChI=1S/C8H9FO2S/c9-5-7-1-3-8(4-2-7)6-12(10)11/h1-4H,5-6H2,(H,10,11). The van der Waals surface area contributed by atoms with E-state index >= 15 is 0 Å².